The Hall–Kier alpha value is -1.55. The summed E-state index contributed by atoms with van der Waals surface area (Å²) in [6.07, 6.45) is 5.68. The first-order valence-electron chi connectivity index (χ1n) is 7.75. The molecule has 0 atom stereocenters. The second-order valence-corrected chi connectivity index (χ2v) is 6.06. The van der Waals surface area contributed by atoms with Gasteiger partial charge in [-0.15, -0.1) is 0 Å². The molecule has 1 aromatic carbocycles. The van der Waals surface area contributed by atoms with Crippen molar-refractivity contribution < 1.29 is 14.3 Å². The predicted octanol–water partition coefficient (Wildman–Crippen LogP) is 3.68. The number of hydrogen-bond acceptors (Lipinski definition) is 3. The summed E-state index contributed by atoms with van der Waals surface area (Å²) in [6, 6.07) is 7.16. The molecule has 1 aliphatic carbocycles. The minimum absolute atomic E-state index is 0.0571. The van der Waals surface area contributed by atoms with E-state index in [9.17, 15) is 9.59 Å². The maximum atomic E-state index is 12.8. The van der Waals surface area contributed by atoms with E-state index < -0.39 is 0 Å². The molecular formula is C17H22ClNO3. The highest BCUT2D eigenvalue weighted by atomic mass is 35.5. The molecule has 0 radical (unpaired) electrons. The summed E-state index contributed by atoms with van der Waals surface area (Å²) in [7, 11) is 1.37. The van der Waals surface area contributed by atoms with E-state index in [1.807, 2.05) is 4.90 Å². The van der Waals surface area contributed by atoms with Gasteiger partial charge in [0, 0.05) is 23.2 Å². The molecule has 0 N–H and O–H groups in total. The number of hydrogen-bond donors (Lipinski definition) is 0. The minimum atomic E-state index is -0.292. The van der Waals surface area contributed by atoms with Crippen molar-refractivity contribution in [1.82, 2.24) is 4.90 Å². The summed E-state index contributed by atoms with van der Waals surface area (Å²) in [6.45, 7) is 0.392. The van der Waals surface area contributed by atoms with Crippen molar-refractivity contribution in [3.8, 4) is 0 Å². The molecule has 1 aliphatic rings. The topological polar surface area (TPSA) is 46.6 Å². The van der Waals surface area contributed by atoms with Gasteiger partial charge in [0.2, 0.25) is 0 Å². The summed E-state index contributed by atoms with van der Waals surface area (Å²) in [5, 5.41) is 0.544. The maximum absolute atomic E-state index is 12.8. The lowest BCUT2D eigenvalue weighted by Gasteiger charge is -2.34. The SMILES string of the molecule is COC(=O)CCN(C(=O)c1cccc(Cl)c1)C1CCCCC1. The van der Waals surface area contributed by atoms with Crippen LogP contribution in [0.3, 0.4) is 0 Å². The molecule has 0 spiro atoms. The van der Waals surface area contributed by atoms with E-state index >= 15 is 0 Å². The van der Waals surface area contributed by atoms with Crippen molar-refractivity contribution in [2.75, 3.05) is 13.7 Å². The highest BCUT2D eigenvalue weighted by molar-refractivity contribution is 6.30. The number of nitrogens with zero attached hydrogens (tertiary/aromatic N) is 1. The Morgan fingerprint density at radius 2 is 2.00 bits per heavy atom. The molecule has 0 saturated heterocycles. The normalized spacial score (nSPS) is 15.4. The average molecular weight is 324 g/mol. The molecule has 0 bridgehead atoms. The van der Waals surface area contributed by atoms with Crippen LogP contribution in [0.4, 0.5) is 0 Å². The fourth-order valence-electron chi connectivity index (χ4n) is 2.94. The van der Waals surface area contributed by atoms with Gasteiger partial charge in [-0.2, -0.15) is 0 Å². The van der Waals surface area contributed by atoms with Crippen LogP contribution in [0.5, 0.6) is 0 Å². The van der Waals surface area contributed by atoms with E-state index in [0.717, 1.165) is 25.7 Å². The van der Waals surface area contributed by atoms with Crippen molar-refractivity contribution in [3.05, 3.63) is 34.9 Å². The number of carbonyl (C=O) groups excluding carboxylic acids is 2. The molecule has 5 heteroatoms. The van der Waals surface area contributed by atoms with Gasteiger partial charge in [-0.1, -0.05) is 36.9 Å². The first-order valence-corrected chi connectivity index (χ1v) is 8.13. The molecular weight excluding hydrogens is 302 g/mol. The Bertz CT molecular complexity index is 526. The van der Waals surface area contributed by atoms with Gasteiger partial charge in [0.25, 0.3) is 5.91 Å². The van der Waals surface area contributed by atoms with Gasteiger partial charge < -0.3 is 9.64 Å². The van der Waals surface area contributed by atoms with Crippen LogP contribution in [0, 0.1) is 0 Å². The van der Waals surface area contributed by atoms with Gasteiger partial charge in [0.15, 0.2) is 0 Å². The number of benzene rings is 1. The summed E-state index contributed by atoms with van der Waals surface area (Å²) < 4.78 is 4.69. The quantitative estimate of drug-likeness (QED) is 0.777. The first-order chi connectivity index (χ1) is 10.6. The van der Waals surface area contributed by atoms with E-state index in [1.165, 1.54) is 13.5 Å². The van der Waals surface area contributed by atoms with E-state index in [0.29, 0.717) is 17.1 Å². The van der Waals surface area contributed by atoms with Crippen molar-refractivity contribution >= 4 is 23.5 Å². The molecule has 1 amide bonds. The summed E-state index contributed by atoms with van der Waals surface area (Å²) in [5.41, 5.74) is 0.572. The monoisotopic (exact) mass is 323 g/mol. The van der Waals surface area contributed by atoms with Gasteiger partial charge in [-0.05, 0) is 31.0 Å². The van der Waals surface area contributed by atoms with E-state index in [4.69, 9.17) is 16.3 Å². The van der Waals surface area contributed by atoms with Crippen LogP contribution in [0.25, 0.3) is 0 Å². The Morgan fingerprint density at radius 1 is 1.27 bits per heavy atom. The molecule has 1 aromatic rings. The Balaban J connectivity index is 2.14. The molecule has 4 nitrogen and oxygen atoms in total. The number of ether oxygens (including phenoxy) is 1. The number of halogens is 1. The van der Waals surface area contributed by atoms with Crippen molar-refractivity contribution in [2.24, 2.45) is 0 Å². The predicted molar refractivity (Wildman–Crippen MR) is 86.0 cm³/mol. The fourth-order valence-corrected chi connectivity index (χ4v) is 3.13. The van der Waals surface area contributed by atoms with Crippen LogP contribution in [0.15, 0.2) is 24.3 Å². The average Bonchev–Trinajstić information content (AvgIpc) is 2.55. The number of rotatable bonds is 5. The minimum Gasteiger partial charge on any atom is -0.469 e. The smallest absolute Gasteiger partial charge is 0.307 e. The van der Waals surface area contributed by atoms with Crippen LogP contribution < -0.4 is 0 Å². The van der Waals surface area contributed by atoms with E-state index in [2.05, 4.69) is 0 Å². The molecule has 1 saturated carbocycles. The Kier molecular flexibility index (Phi) is 6.25. The first kappa shape index (κ1) is 16.8. The maximum Gasteiger partial charge on any atom is 0.307 e. The second kappa shape index (κ2) is 8.18. The lowest BCUT2D eigenvalue weighted by Crippen LogP contribution is -2.42. The zero-order valence-electron chi connectivity index (χ0n) is 12.9. The van der Waals surface area contributed by atoms with Crippen LogP contribution in [-0.4, -0.2) is 36.5 Å². The molecule has 0 unspecified atom stereocenters. The largest absolute Gasteiger partial charge is 0.469 e. The summed E-state index contributed by atoms with van der Waals surface area (Å²) in [5.74, 6) is -0.349. The van der Waals surface area contributed by atoms with Gasteiger partial charge >= 0.3 is 5.97 Å². The van der Waals surface area contributed by atoms with Crippen molar-refractivity contribution in [2.45, 2.75) is 44.6 Å². The van der Waals surface area contributed by atoms with Crippen molar-refractivity contribution in [3.63, 3.8) is 0 Å². The molecule has 2 rings (SSSR count). The van der Waals surface area contributed by atoms with Crippen LogP contribution in [0.1, 0.15) is 48.9 Å². The third-order valence-electron chi connectivity index (χ3n) is 4.13. The molecule has 0 aliphatic heterocycles. The van der Waals surface area contributed by atoms with Gasteiger partial charge in [0.1, 0.15) is 0 Å². The zero-order chi connectivity index (χ0) is 15.9. The molecule has 0 aromatic heterocycles. The molecule has 22 heavy (non-hydrogen) atoms. The number of carbonyl (C=O) groups is 2. The summed E-state index contributed by atoms with van der Waals surface area (Å²) >= 11 is 5.98. The number of esters is 1. The Morgan fingerprint density at radius 3 is 2.64 bits per heavy atom. The van der Waals surface area contributed by atoms with Crippen LogP contribution in [-0.2, 0) is 9.53 Å². The standard InChI is InChI=1S/C17H22ClNO3/c1-22-16(20)10-11-19(15-8-3-2-4-9-15)17(21)13-6-5-7-14(18)12-13/h5-7,12,15H,2-4,8-11H2,1H3. The van der Waals surface area contributed by atoms with E-state index in [1.54, 1.807) is 24.3 Å². The van der Waals surface area contributed by atoms with Gasteiger partial charge in [-0.25, -0.2) is 0 Å². The molecule has 0 heterocycles. The van der Waals surface area contributed by atoms with Gasteiger partial charge in [0.05, 0.1) is 13.5 Å². The fraction of sp³-hybridized carbons (Fsp3) is 0.529. The third-order valence-corrected chi connectivity index (χ3v) is 4.37. The lowest BCUT2D eigenvalue weighted by molar-refractivity contribution is -0.140. The zero-order valence-corrected chi connectivity index (χ0v) is 13.6. The van der Waals surface area contributed by atoms with Crippen molar-refractivity contribution in [1.29, 1.82) is 0 Å². The van der Waals surface area contributed by atoms with E-state index in [-0.39, 0.29) is 24.3 Å². The van der Waals surface area contributed by atoms with Crippen LogP contribution in [0.2, 0.25) is 5.02 Å². The summed E-state index contributed by atoms with van der Waals surface area (Å²) in [4.78, 5) is 26.1. The molecule has 1 fully saturated rings. The Labute approximate surface area is 136 Å². The highest BCUT2D eigenvalue weighted by Crippen LogP contribution is 2.25. The second-order valence-electron chi connectivity index (χ2n) is 5.63. The number of methoxy groups -OCH3 is 1. The lowest BCUT2D eigenvalue weighted by atomic mass is 9.93. The van der Waals surface area contributed by atoms with Crippen LogP contribution >= 0.6 is 11.6 Å². The third kappa shape index (κ3) is 4.47. The van der Waals surface area contributed by atoms with Gasteiger partial charge in [-0.3, -0.25) is 9.59 Å². The molecule has 120 valence electrons. The number of amides is 1. The highest BCUT2D eigenvalue weighted by Gasteiger charge is 2.26.